The zero-order valence-electron chi connectivity index (χ0n) is 21.7. The fraction of sp³-hybridized carbons (Fsp3) is 0.484. The van der Waals surface area contributed by atoms with Gasteiger partial charge in [0.25, 0.3) is 5.56 Å². The molecule has 2 aromatic heterocycles. The molecule has 0 fully saturated rings. The molecular formula is C31H40ClN3O. The van der Waals surface area contributed by atoms with E-state index in [9.17, 15) is 10.1 Å². The normalized spacial score (nSPS) is 11.5. The Bertz CT molecular complexity index is 1200. The number of aryl methyl sites for hydroxylation is 1. The molecule has 0 atom stereocenters. The lowest BCUT2D eigenvalue weighted by molar-refractivity contribution is 0.608. The quantitative estimate of drug-likeness (QED) is 0.156. The molecule has 0 bridgehead atoms. The second-order valence-corrected chi connectivity index (χ2v) is 10.0. The fourth-order valence-electron chi connectivity index (χ4n) is 4.77. The van der Waals surface area contributed by atoms with E-state index in [0.717, 1.165) is 30.5 Å². The fourth-order valence-corrected chi connectivity index (χ4v) is 5.14. The number of allylic oxidation sites excluding steroid dienone is 2. The van der Waals surface area contributed by atoms with Crippen molar-refractivity contribution in [3.05, 3.63) is 75.3 Å². The Labute approximate surface area is 221 Å². The Kier molecular flexibility index (Phi) is 11.9. The van der Waals surface area contributed by atoms with Gasteiger partial charge in [-0.05, 0) is 44.1 Å². The van der Waals surface area contributed by atoms with Gasteiger partial charge in [-0.25, -0.2) is 0 Å². The number of H-pyrrole nitrogens is 1. The minimum absolute atomic E-state index is 0.199. The van der Waals surface area contributed by atoms with E-state index < -0.39 is 0 Å². The van der Waals surface area contributed by atoms with Crippen molar-refractivity contribution in [3.63, 3.8) is 0 Å². The third-order valence-corrected chi connectivity index (χ3v) is 7.15. The minimum Gasteiger partial charge on any atom is -0.343 e. The summed E-state index contributed by atoms with van der Waals surface area (Å²) in [5.41, 5.74) is 2.98. The van der Waals surface area contributed by atoms with Gasteiger partial charge in [-0.1, -0.05) is 112 Å². The number of rotatable bonds is 16. The molecule has 0 radical (unpaired) electrons. The molecule has 5 heteroatoms. The summed E-state index contributed by atoms with van der Waals surface area (Å²) in [6.07, 6.45) is 21.9. The van der Waals surface area contributed by atoms with E-state index in [1.807, 2.05) is 30.3 Å². The van der Waals surface area contributed by atoms with Crippen molar-refractivity contribution in [1.82, 2.24) is 9.38 Å². The predicted octanol–water partition coefficient (Wildman–Crippen LogP) is 9.01. The van der Waals surface area contributed by atoms with Crippen molar-refractivity contribution in [1.29, 1.82) is 5.26 Å². The number of aromatic amines is 1. The standard InChI is InChI=1S/C31H40ClN3O/c1-2-3-4-5-6-7-8-9-10-11-12-13-14-15-19-22-26-23-28(36)35-30(32)29(25-20-17-16-18-21-25)27(24-33)31(35)34-26/h9-10,16-18,20-21,23,34H,2-8,11-15,19,22H2,1H3/b10-9+. The molecular weight excluding hydrogens is 466 g/mol. The molecule has 0 amide bonds. The zero-order valence-corrected chi connectivity index (χ0v) is 22.5. The molecule has 3 aromatic rings. The van der Waals surface area contributed by atoms with Crippen LogP contribution in [0.2, 0.25) is 5.15 Å². The molecule has 0 spiro atoms. The van der Waals surface area contributed by atoms with Crippen LogP contribution in [0.4, 0.5) is 0 Å². The molecule has 1 N–H and O–H groups in total. The van der Waals surface area contributed by atoms with Gasteiger partial charge in [-0.3, -0.25) is 9.20 Å². The van der Waals surface area contributed by atoms with Crippen molar-refractivity contribution < 1.29 is 0 Å². The second kappa shape index (κ2) is 15.4. The van der Waals surface area contributed by atoms with E-state index in [-0.39, 0.29) is 10.7 Å². The summed E-state index contributed by atoms with van der Waals surface area (Å²) in [4.78, 5) is 16.2. The highest BCUT2D eigenvalue weighted by Crippen LogP contribution is 2.34. The average molecular weight is 506 g/mol. The van der Waals surface area contributed by atoms with Crippen LogP contribution in [0.3, 0.4) is 0 Å². The summed E-state index contributed by atoms with van der Waals surface area (Å²) >= 11 is 6.57. The highest BCUT2D eigenvalue weighted by molar-refractivity contribution is 6.33. The van der Waals surface area contributed by atoms with Crippen molar-refractivity contribution in [2.24, 2.45) is 0 Å². The van der Waals surface area contributed by atoms with E-state index in [4.69, 9.17) is 11.6 Å². The topological polar surface area (TPSA) is 61.1 Å². The van der Waals surface area contributed by atoms with Gasteiger partial charge >= 0.3 is 0 Å². The third-order valence-electron chi connectivity index (χ3n) is 6.79. The molecule has 0 aliphatic carbocycles. The van der Waals surface area contributed by atoms with E-state index in [1.165, 1.54) is 75.0 Å². The predicted molar refractivity (Wildman–Crippen MR) is 152 cm³/mol. The zero-order chi connectivity index (χ0) is 25.6. The summed E-state index contributed by atoms with van der Waals surface area (Å²) < 4.78 is 1.41. The molecule has 1 aromatic carbocycles. The van der Waals surface area contributed by atoms with Crippen LogP contribution in [0.1, 0.15) is 102 Å². The second-order valence-electron chi connectivity index (χ2n) is 9.67. The summed E-state index contributed by atoms with van der Waals surface area (Å²) in [6.45, 7) is 2.26. The molecule has 2 heterocycles. The lowest BCUT2D eigenvalue weighted by atomic mass is 10.1. The molecule has 36 heavy (non-hydrogen) atoms. The van der Waals surface area contributed by atoms with Crippen LogP contribution >= 0.6 is 11.6 Å². The van der Waals surface area contributed by atoms with Crippen LogP contribution in [-0.4, -0.2) is 9.38 Å². The Hall–Kier alpha value is -2.77. The van der Waals surface area contributed by atoms with Crippen molar-refractivity contribution >= 4 is 17.2 Å². The first-order chi connectivity index (χ1) is 17.7. The Morgan fingerprint density at radius 2 is 1.53 bits per heavy atom. The Balaban J connectivity index is 1.42. The lowest BCUT2D eigenvalue weighted by Gasteiger charge is -2.04. The number of nitrogens with one attached hydrogen (secondary N) is 1. The number of fused-ring (bicyclic) bond motifs is 1. The summed E-state index contributed by atoms with van der Waals surface area (Å²) in [5.74, 6) is 0. The van der Waals surface area contributed by atoms with Crippen LogP contribution in [0.25, 0.3) is 16.8 Å². The molecule has 0 aliphatic heterocycles. The van der Waals surface area contributed by atoms with E-state index in [1.54, 1.807) is 6.07 Å². The maximum Gasteiger partial charge on any atom is 0.259 e. The van der Waals surface area contributed by atoms with Crippen LogP contribution < -0.4 is 5.56 Å². The number of hydrogen-bond acceptors (Lipinski definition) is 2. The monoisotopic (exact) mass is 505 g/mol. The SMILES string of the molecule is CCCCCCCC/C=C/CCCCCCCc1cc(=O)n2c(Cl)c(-c3ccccc3)c(C#N)c2[nH]1. The van der Waals surface area contributed by atoms with Crippen molar-refractivity contribution in [3.8, 4) is 17.2 Å². The average Bonchev–Trinajstić information content (AvgIpc) is 3.18. The Morgan fingerprint density at radius 3 is 2.17 bits per heavy atom. The highest BCUT2D eigenvalue weighted by atomic mass is 35.5. The van der Waals surface area contributed by atoms with Crippen molar-refractivity contribution in [2.75, 3.05) is 0 Å². The summed E-state index contributed by atoms with van der Waals surface area (Å²) in [7, 11) is 0. The van der Waals surface area contributed by atoms with E-state index in [0.29, 0.717) is 16.8 Å². The number of hydrogen-bond donors (Lipinski definition) is 1. The molecule has 3 rings (SSSR count). The number of nitrogens with zero attached hydrogens (tertiary/aromatic N) is 2. The van der Waals surface area contributed by atoms with Gasteiger partial charge in [0, 0.05) is 17.3 Å². The number of aromatic nitrogens is 2. The van der Waals surface area contributed by atoms with E-state index in [2.05, 4.69) is 30.1 Å². The number of benzene rings is 1. The summed E-state index contributed by atoms with van der Waals surface area (Å²) in [6, 6.07) is 13.4. The smallest absolute Gasteiger partial charge is 0.259 e. The first kappa shape index (κ1) is 27.8. The first-order valence-electron chi connectivity index (χ1n) is 13.7. The maximum atomic E-state index is 12.8. The van der Waals surface area contributed by atoms with Gasteiger partial charge in [0.1, 0.15) is 22.4 Å². The first-order valence-corrected chi connectivity index (χ1v) is 14.1. The molecule has 192 valence electrons. The Morgan fingerprint density at radius 1 is 0.917 bits per heavy atom. The van der Waals surface area contributed by atoms with E-state index >= 15 is 0 Å². The van der Waals surface area contributed by atoms with Crippen LogP contribution in [0.15, 0.2) is 53.3 Å². The van der Waals surface area contributed by atoms with Gasteiger partial charge < -0.3 is 4.98 Å². The van der Waals surface area contributed by atoms with Crippen LogP contribution in [0, 0.1) is 11.3 Å². The highest BCUT2D eigenvalue weighted by Gasteiger charge is 2.21. The third kappa shape index (κ3) is 7.87. The van der Waals surface area contributed by atoms with Gasteiger partial charge in [-0.2, -0.15) is 5.26 Å². The molecule has 0 saturated heterocycles. The molecule has 0 unspecified atom stereocenters. The van der Waals surface area contributed by atoms with Crippen LogP contribution in [-0.2, 0) is 6.42 Å². The lowest BCUT2D eigenvalue weighted by Crippen LogP contribution is -2.14. The van der Waals surface area contributed by atoms with Crippen molar-refractivity contribution in [2.45, 2.75) is 96.8 Å². The summed E-state index contributed by atoms with van der Waals surface area (Å²) in [5, 5.41) is 10.1. The molecule has 0 saturated carbocycles. The molecule has 4 nitrogen and oxygen atoms in total. The van der Waals surface area contributed by atoms with Gasteiger partial charge in [0.05, 0.1) is 0 Å². The minimum atomic E-state index is -0.199. The number of unbranched alkanes of at least 4 members (excludes halogenated alkanes) is 11. The van der Waals surface area contributed by atoms with Gasteiger partial charge in [0.15, 0.2) is 0 Å². The maximum absolute atomic E-state index is 12.8. The number of nitriles is 1. The number of halogens is 1. The molecule has 0 aliphatic rings. The van der Waals surface area contributed by atoms with Gasteiger partial charge in [0.2, 0.25) is 0 Å². The van der Waals surface area contributed by atoms with Gasteiger partial charge in [-0.15, -0.1) is 0 Å². The largest absolute Gasteiger partial charge is 0.343 e. The van der Waals surface area contributed by atoms with Crippen LogP contribution in [0.5, 0.6) is 0 Å².